The average molecular weight is 348 g/mol. The Bertz CT molecular complexity index is 671. The summed E-state index contributed by atoms with van der Waals surface area (Å²) in [6.45, 7) is 5.00. The first-order valence-corrected chi connectivity index (χ1v) is 8.38. The van der Waals surface area contributed by atoms with Gasteiger partial charge in [0.1, 0.15) is 11.5 Å². The average Bonchev–Trinajstić information content (AvgIpc) is 2.57. The number of hydrogen-bond donors (Lipinski definition) is 1. The second kappa shape index (κ2) is 9.18. The van der Waals surface area contributed by atoms with Crippen molar-refractivity contribution in [1.29, 1.82) is 0 Å². The standard InChI is InChI=1S/C19H22ClNO3/c1-3-23-16-8-10-17(11-9-16)24-12-4-5-19(22)21-18-13-15(20)7-6-14(18)2/h6-11,13H,3-5,12H2,1-2H3,(H,21,22). The van der Waals surface area contributed by atoms with Crippen LogP contribution < -0.4 is 14.8 Å². The zero-order chi connectivity index (χ0) is 17.4. The smallest absolute Gasteiger partial charge is 0.224 e. The number of aryl methyl sites for hydroxylation is 1. The monoisotopic (exact) mass is 347 g/mol. The molecule has 2 rings (SSSR count). The Hall–Kier alpha value is -2.20. The van der Waals surface area contributed by atoms with Crippen molar-refractivity contribution in [3.8, 4) is 11.5 Å². The first kappa shape index (κ1) is 18.1. The summed E-state index contributed by atoms with van der Waals surface area (Å²) in [5.41, 5.74) is 1.73. The van der Waals surface area contributed by atoms with Crippen LogP contribution in [0.15, 0.2) is 42.5 Å². The van der Waals surface area contributed by atoms with E-state index in [-0.39, 0.29) is 5.91 Å². The fourth-order valence-electron chi connectivity index (χ4n) is 2.16. The summed E-state index contributed by atoms with van der Waals surface area (Å²) in [6.07, 6.45) is 1.03. The maximum atomic E-state index is 12.0. The van der Waals surface area contributed by atoms with Crippen molar-refractivity contribution < 1.29 is 14.3 Å². The van der Waals surface area contributed by atoms with Crippen LogP contribution in [0.25, 0.3) is 0 Å². The first-order chi connectivity index (χ1) is 11.6. The van der Waals surface area contributed by atoms with Gasteiger partial charge < -0.3 is 14.8 Å². The Kier molecular flexibility index (Phi) is 6.94. The molecule has 2 aromatic rings. The molecule has 0 radical (unpaired) electrons. The summed E-state index contributed by atoms with van der Waals surface area (Å²) in [5.74, 6) is 1.54. The molecule has 0 aliphatic rings. The molecule has 0 aliphatic heterocycles. The van der Waals surface area contributed by atoms with E-state index in [1.165, 1.54) is 0 Å². The van der Waals surface area contributed by atoms with E-state index in [4.69, 9.17) is 21.1 Å². The summed E-state index contributed by atoms with van der Waals surface area (Å²) >= 11 is 5.95. The van der Waals surface area contributed by atoms with Gasteiger partial charge in [-0.3, -0.25) is 4.79 Å². The third kappa shape index (κ3) is 5.78. The Morgan fingerprint density at radius 3 is 2.42 bits per heavy atom. The minimum absolute atomic E-state index is 0.0457. The highest BCUT2D eigenvalue weighted by Crippen LogP contribution is 2.21. The third-order valence-electron chi connectivity index (χ3n) is 3.43. The molecule has 0 spiro atoms. The van der Waals surface area contributed by atoms with E-state index in [2.05, 4.69) is 5.32 Å². The predicted molar refractivity (Wildman–Crippen MR) is 97.2 cm³/mol. The zero-order valence-corrected chi connectivity index (χ0v) is 14.7. The lowest BCUT2D eigenvalue weighted by Crippen LogP contribution is -2.13. The molecule has 0 heterocycles. The topological polar surface area (TPSA) is 47.6 Å². The van der Waals surface area contributed by atoms with Crippen LogP contribution in [0.5, 0.6) is 11.5 Å². The van der Waals surface area contributed by atoms with Gasteiger partial charge in [0.05, 0.1) is 13.2 Å². The Balaban J connectivity index is 1.71. The van der Waals surface area contributed by atoms with Gasteiger partial charge in [-0.2, -0.15) is 0 Å². The molecule has 4 nitrogen and oxygen atoms in total. The normalized spacial score (nSPS) is 10.3. The maximum Gasteiger partial charge on any atom is 0.224 e. The molecule has 24 heavy (non-hydrogen) atoms. The molecule has 0 saturated carbocycles. The molecule has 0 saturated heterocycles. The van der Waals surface area contributed by atoms with Crippen molar-refractivity contribution in [2.24, 2.45) is 0 Å². The molecule has 1 N–H and O–H groups in total. The fourth-order valence-corrected chi connectivity index (χ4v) is 2.34. The molecule has 0 aromatic heterocycles. The lowest BCUT2D eigenvalue weighted by Gasteiger charge is -2.10. The Labute approximate surface area is 147 Å². The molecular formula is C19H22ClNO3. The summed E-state index contributed by atoms with van der Waals surface area (Å²) in [4.78, 5) is 12.0. The number of hydrogen-bond acceptors (Lipinski definition) is 3. The highest BCUT2D eigenvalue weighted by molar-refractivity contribution is 6.31. The molecule has 0 fully saturated rings. The van der Waals surface area contributed by atoms with Gasteiger partial charge in [-0.1, -0.05) is 17.7 Å². The van der Waals surface area contributed by atoms with E-state index in [1.54, 1.807) is 12.1 Å². The third-order valence-corrected chi connectivity index (χ3v) is 3.66. The number of nitrogens with one attached hydrogen (secondary N) is 1. The maximum absolute atomic E-state index is 12.0. The van der Waals surface area contributed by atoms with Gasteiger partial charge in [-0.25, -0.2) is 0 Å². The van der Waals surface area contributed by atoms with Crippen LogP contribution in [0.1, 0.15) is 25.3 Å². The molecule has 0 unspecified atom stereocenters. The molecular weight excluding hydrogens is 326 g/mol. The summed E-state index contributed by atoms with van der Waals surface area (Å²) in [6, 6.07) is 12.9. The SMILES string of the molecule is CCOc1ccc(OCCCC(=O)Nc2cc(Cl)ccc2C)cc1. The molecule has 128 valence electrons. The molecule has 0 atom stereocenters. The van der Waals surface area contributed by atoms with Crippen LogP contribution in [0.2, 0.25) is 5.02 Å². The van der Waals surface area contributed by atoms with Crippen LogP contribution in [0.4, 0.5) is 5.69 Å². The van der Waals surface area contributed by atoms with E-state index < -0.39 is 0 Å². The van der Waals surface area contributed by atoms with Gasteiger partial charge in [0.15, 0.2) is 0 Å². The number of ether oxygens (including phenoxy) is 2. The van der Waals surface area contributed by atoms with Crippen molar-refractivity contribution in [3.05, 3.63) is 53.1 Å². The highest BCUT2D eigenvalue weighted by atomic mass is 35.5. The molecule has 0 aliphatic carbocycles. The van der Waals surface area contributed by atoms with Crippen molar-refractivity contribution in [2.45, 2.75) is 26.7 Å². The fraction of sp³-hybridized carbons (Fsp3) is 0.316. The predicted octanol–water partition coefficient (Wildman–Crippen LogP) is 4.84. The zero-order valence-electron chi connectivity index (χ0n) is 14.0. The van der Waals surface area contributed by atoms with Crippen LogP contribution in [0.3, 0.4) is 0 Å². The summed E-state index contributed by atoms with van der Waals surface area (Å²) < 4.78 is 11.0. The number of rotatable bonds is 8. The molecule has 0 bridgehead atoms. The quantitative estimate of drug-likeness (QED) is 0.695. The van der Waals surface area contributed by atoms with Gasteiger partial charge >= 0.3 is 0 Å². The number of amides is 1. The molecule has 5 heteroatoms. The molecule has 2 aromatic carbocycles. The highest BCUT2D eigenvalue weighted by Gasteiger charge is 2.06. The van der Waals surface area contributed by atoms with Crippen LogP contribution >= 0.6 is 11.6 Å². The van der Waals surface area contributed by atoms with E-state index in [0.29, 0.717) is 31.1 Å². The number of carbonyl (C=O) groups excluding carboxylic acids is 1. The summed E-state index contributed by atoms with van der Waals surface area (Å²) in [7, 11) is 0. The van der Waals surface area contributed by atoms with E-state index in [9.17, 15) is 4.79 Å². The van der Waals surface area contributed by atoms with Gasteiger partial charge in [-0.05, 0) is 62.2 Å². The van der Waals surface area contributed by atoms with Gasteiger partial charge in [0, 0.05) is 17.1 Å². The second-order valence-corrected chi connectivity index (χ2v) is 5.80. The largest absolute Gasteiger partial charge is 0.494 e. The van der Waals surface area contributed by atoms with Gasteiger partial charge in [0.25, 0.3) is 0 Å². The minimum atomic E-state index is -0.0457. The van der Waals surface area contributed by atoms with Gasteiger partial charge in [0.2, 0.25) is 5.91 Å². The van der Waals surface area contributed by atoms with Crippen molar-refractivity contribution in [3.63, 3.8) is 0 Å². The number of anilines is 1. The van der Waals surface area contributed by atoms with Crippen LogP contribution in [-0.2, 0) is 4.79 Å². The number of carbonyl (C=O) groups is 1. The summed E-state index contributed by atoms with van der Waals surface area (Å²) in [5, 5.41) is 3.48. The van der Waals surface area contributed by atoms with Crippen LogP contribution in [-0.4, -0.2) is 19.1 Å². The Morgan fingerprint density at radius 1 is 1.08 bits per heavy atom. The van der Waals surface area contributed by atoms with E-state index >= 15 is 0 Å². The minimum Gasteiger partial charge on any atom is -0.494 e. The van der Waals surface area contributed by atoms with Crippen molar-refractivity contribution in [1.82, 2.24) is 0 Å². The number of benzene rings is 2. The van der Waals surface area contributed by atoms with E-state index in [0.717, 1.165) is 22.7 Å². The van der Waals surface area contributed by atoms with Gasteiger partial charge in [-0.15, -0.1) is 0 Å². The van der Waals surface area contributed by atoms with Crippen molar-refractivity contribution in [2.75, 3.05) is 18.5 Å². The Morgan fingerprint density at radius 2 is 1.75 bits per heavy atom. The lowest BCUT2D eigenvalue weighted by atomic mass is 10.2. The molecule has 1 amide bonds. The second-order valence-electron chi connectivity index (χ2n) is 5.36. The van der Waals surface area contributed by atoms with Crippen LogP contribution in [0, 0.1) is 6.92 Å². The van der Waals surface area contributed by atoms with E-state index in [1.807, 2.05) is 44.2 Å². The number of halogens is 1. The first-order valence-electron chi connectivity index (χ1n) is 8.00. The lowest BCUT2D eigenvalue weighted by molar-refractivity contribution is -0.116. The van der Waals surface area contributed by atoms with Crippen molar-refractivity contribution >= 4 is 23.2 Å².